The Kier molecular flexibility index (Phi) is 7.87. The van der Waals surface area contributed by atoms with E-state index in [0.29, 0.717) is 15.2 Å². The first-order chi connectivity index (χ1) is 15.0. The van der Waals surface area contributed by atoms with Gasteiger partial charge in [-0.05, 0) is 42.4 Å². The lowest BCUT2D eigenvalue weighted by Crippen LogP contribution is -2.22. The molecule has 2 atom stereocenters. The van der Waals surface area contributed by atoms with Crippen molar-refractivity contribution in [3.05, 3.63) is 89.5 Å². The molecule has 0 saturated heterocycles. The minimum Gasteiger partial charge on any atom is -0.497 e. The van der Waals surface area contributed by atoms with E-state index in [2.05, 4.69) is 38.1 Å². The van der Waals surface area contributed by atoms with Crippen LogP contribution in [0.4, 0.5) is 0 Å². The first kappa shape index (κ1) is 23.0. The number of rotatable bonds is 10. The van der Waals surface area contributed by atoms with Crippen molar-refractivity contribution in [2.75, 3.05) is 7.11 Å². The third-order valence-corrected chi connectivity index (χ3v) is 7.26. The van der Waals surface area contributed by atoms with Gasteiger partial charge < -0.3 is 9.47 Å². The van der Waals surface area contributed by atoms with Crippen LogP contribution in [0.5, 0.6) is 11.5 Å². The Hall–Kier alpha value is -2.64. The van der Waals surface area contributed by atoms with Crippen molar-refractivity contribution in [1.29, 1.82) is 0 Å². The maximum Gasteiger partial charge on any atom is 0.160 e. The van der Waals surface area contributed by atoms with Crippen LogP contribution in [-0.4, -0.2) is 12.9 Å². The van der Waals surface area contributed by atoms with E-state index in [9.17, 15) is 4.79 Å². The van der Waals surface area contributed by atoms with Gasteiger partial charge in [-0.15, -0.1) is 0 Å². The molecule has 0 amide bonds. The summed E-state index contributed by atoms with van der Waals surface area (Å²) in [6.07, 6.45) is 2.01. The van der Waals surface area contributed by atoms with E-state index in [1.54, 1.807) is 14.0 Å². The SMILES string of the molecule is CCCC(C)(Pc1ccccc1C(C)=O)c1cc(OC)ccc1OCc1ccccc1. The second-order valence-electron chi connectivity index (χ2n) is 7.95. The lowest BCUT2D eigenvalue weighted by molar-refractivity contribution is 0.101. The fourth-order valence-electron chi connectivity index (χ4n) is 3.89. The molecule has 0 saturated carbocycles. The number of Topliss-reactive ketones (excluding diaryl/α,β-unsaturated/α-hetero) is 1. The summed E-state index contributed by atoms with van der Waals surface area (Å²) in [5.74, 6) is 1.79. The van der Waals surface area contributed by atoms with Crippen LogP contribution >= 0.6 is 8.58 Å². The van der Waals surface area contributed by atoms with Crippen LogP contribution in [0.1, 0.15) is 55.1 Å². The van der Waals surface area contributed by atoms with Crippen molar-refractivity contribution < 1.29 is 14.3 Å². The molecule has 0 spiro atoms. The van der Waals surface area contributed by atoms with E-state index >= 15 is 0 Å². The fourth-order valence-corrected chi connectivity index (χ4v) is 5.76. The molecule has 4 heteroatoms. The van der Waals surface area contributed by atoms with Crippen LogP contribution in [0.3, 0.4) is 0 Å². The average molecular weight is 435 g/mol. The maximum atomic E-state index is 12.2. The molecule has 0 aliphatic rings. The Balaban J connectivity index is 2.01. The second-order valence-corrected chi connectivity index (χ2v) is 9.84. The second kappa shape index (κ2) is 10.6. The summed E-state index contributed by atoms with van der Waals surface area (Å²) in [7, 11) is 2.12. The number of benzene rings is 3. The third-order valence-electron chi connectivity index (χ3n) is 5.49. The Morgan fingerprint density at radius 1 is 1.00 bits per heavy atom. The highest BCUT2D eigenvalue weighted by atomic mass is 31.1. The largest absolute Gasteiger partial charge is 0.497 e. The molecule has 0 aliphatic heterocycles. The standard InChI is InChI=1S/C27H31O3P/c1-5-17-27(3,31-26-14-10-9-13-23(26)20(2)28)24-18-22(29-4)15-16-25(24)30-19-21-11-7-6-8-12-21/h6-16,18,31H,5,17,19H2,1-4H3. The number of ether oxygens (including phenoxy) is 2. The van der Waals surface area contributed by atoms with E-state index in [4.69, 9.17) is 9.47 Å². The van der Waals surface area contributed by atoms with Gasteiger partial charge in [-0.25, -0.2) is 0 Å². The van der Waals surface area contributed by atoms with Crippen molar-refractivity contribution in [2.45, 2.75) is 45.4 Å². The molecule has 0 bridgehead atoms. The lowest BCUT2D eigenvalue weighted by Gasteiger charge is -2.33. The normalized spacial score (nSPS) is 13.2. The number of carbonyl (C=O) groups excluding carboxylic acids is 1. The number of ketones is 1. The highest BCUT2D eigenvalue weighted by Gasteiger charge is 2.31. The van der Waals surface area contributed by atoms with Gasteiger partial charge in [0.2, 0.25) is 0 Å². The smallest absolute Gasteiger partial charge is 0.160 e. The molecule has 0 N–H and O–H groups in total. The summed E-state index contributed by atoms with van der Waals surface area (Å²) in [5.41, 5.74) is 3.06. The predicted octanol–water partition coefficient (Wildman–Crippen LogP) is 6.50. The van der Waals surface area contributed by atoms with Gasteiger partial charge in [0.05, 0.1) is 7.11 Å². The van der Waals surface area contributed by atoms with Crippen molar-refractivity contribution in [1.82, 2.24) is 0 Å². The molecule has 2 unspecified atom stereocenters. The summed E-state index contributed by atoms with van der Waals surface area (Å²) in [5, 5.41) is 0.920. The van der Waals surface area contributed by atoms with Gasteiger partial charge in [-0.1, -0.05) is 83.4 Å². The van der Waals surface area contributed by atoms with Gasteiger partial charge in [0.15, 0.2) is 5.78 Å². The van der Waals surface area contributed by atoms with Gasteiger partial charge in [0.1, 0.15) is 18.1 Å². The number of hydrogen-bond acceptors (Lipinski definition) is 3. The lowest BCUT2D eigenvalue weighted by atomic mass is 9.94. The van der Waals surface area contributed by atoms with Gasteiger partial charge in [-0.3, -0.25) is 4.79 Å². The van der Waals surface area contributed by atoms with Gasteiger partial charge in [0.25, 0.3) is 0 Å². The minimum absolute atomic E-state index is 0.105. The quantitative estimate of drug-likeness (QED) is 0.270. The molecule has 162 valence electrons. The van der Waals surface area contributed by atoms with Crippen molar-refractivity contribution >= 4 is 19.7 Å². The number of methoxy groups -OCH3 is 1. The molecule has 3 aromatic rings. The molecule has 0 heterocycles. The minimum atomic E-state index is -0.180. The third kappa shape index (κ3) is 5.74. The van der Waals surface area contributed by atoms with E-state index < -0.39 is 0 Å². The topological polar surface area (TPSA) is 35.5 Å². The Bertz CT molecular complexity index is 1020. The van der Waals surface area contributed by atoms with Crippen LogP contribution in [-0.2, 0) is 11.8 Å². The highest BCUT2D eigenvalue weighted by molar-refractivity contribution is 7.48. The Morgan fingerprint density at radius 2 is 1.71 bits per heavy atom. The van der Waals surface area contributed by atoms with Crippen LogP contribution in [0, 0.1) is 0 Å². The Morgan fingerprint density at radius 3 is 2.39 bits per heavy atom. The molecule has 3 nitrogen and oxygen atoms in total. The highest BCUT2D eigenvalue weighted by Crippen LogP contribution is 2.49. The zero-order chi connectivity index (χ0) is 22.3. The molecular formula is C27H31O3P. The summed E-state index contributed by atoms with van der Waals surface area (Å²) >= 11 is 0. The van der Waals surface area contributed by atoms with Crippen LogP contribution in [0.25, 0.3) is 0 Å². The van der Waals surface area contributed by atoms with E-state index in [-0.39, 0.29) is 10.9 Å². The fraction of sp³-hybridized carbons (Fsp3) is 0.296. The summed E-state index contributed by atoms with van der Waals surface area (Å²) in [6.45, 7) is 6.62. The van der Waals surface area contributed by atoms with E-state index in [1.807, 2.05) is 48.5 Å². The zero-order valence-corrected chi connectivity index (χ0v) is 19.8. The van der Waals surface area contributed by atoms with Gasteiger partial charge in [-0.2, -0.15) is 0 Å². The molecule has 3 rings (SSSR count). The molecule has 0 radical (unpaired) electrons. The molecular weight excluding hydrogens is 403 g/mol. The summed E-state index contributed by atoms with van der Waals surface area (Å²) in [6, 6.07) is 24.2. The molecule has 0 aromatic heterocycles. The molecule has 3 aromatic carbocycles. The monoisotopic (exact) mass is 434 g/mol. The van der Waals surface area contributed by atoms with Gasteiger partial charge >= 0.3 is 0 Å². The van der Waals surface area contributed by atoms with Crippen LogP contribution in [0.2, 0.25) is 0 Å². The predicted molar refractivity (Wildman–Crippen MR) is 130 cm³/mol. The van der Waals surface area contributed by atoms with Gasteiger partial charge in [0, 0.05) is 16.3 Å². The van der Waals surface area contributed by atoms with Crippen molar-refractivity contribution in [2.24, 2.45) is 0 Å². The molecule has 31 heavy (non-hydrogen) atoms. The first-order valence-electron chi connectivity index (χ1n) is 10.7. The average Bonchev–Trinajstić information content (AvgIpc) is 2.78. The maximum absolute atomic E-state index is 12.2. The van der Waals surface area contributed by atoms with Crippen LogP contribution < -0.4 is 14.8 Å². The number of hydrogen-bond donors (Lipinski definition) is 0. The van der Waals surface area contributed by atoms with Crippen LogP contribution in [0.15, 0.2) is 72.8 Å². The Labute approximate surface area is 187 Å². The summed E-state index contributed by atoms with van der Waals surface area (Å²) in [4.78, 5) is 12.2. The van der Waals surface area contributed by atoms with E-state index in [0.717, 1.165) is 46.3 Å². The zero-order valence-electron chi connectivity index (χ0n) is 18.8. The summed E-state index contributed by atoms with van der Waals surface area (Å²) < 4.78 is 11.9. The van der Waals surface area contributed by atoms with Crippen molar-refractivity contribution in [3.8, 4) is 11.5 Å². The molecule has 0 aliphatic carbocycles. The first-order valence-corrected chi connectivity index (χ1v) is 11.7. The van der Waals surface area contributed by atoms with Crippen molar-refractivity contribution in [3.63, 3.8) is 0 Å². The number of carbonyl (C=O) groups is 1. The molecule has 0 fully saturated rings. The van der Waals surface area contributed by atoms with E-state index in [1.165, 1.54) is 0 Å².